The van der Waals surface area contributed by atoms with Crippen LogP contribution in [0.4, 0.5) is 0 Å². The molecule has 0 atom stereocenters. The lowest BCUT2D eigenvalue weighted by molar-refractivity contribution is 0.768. The van der Waals surface area contributed by atoms with Crippen LogP contribution in [0.1, 0.15) is 5.69 Å². The Morgan fingerprint density at radius 1 is 1.36 bits per heavy atom. The molecule has 2 aromatic rings. The number of aromatic nitrogens is 4. The Morgan fingerprint density at radius 3 is 2.71 bits per heavy atom. The molecule has 4 nitrogen and oxygen atoms in total. The number of nitrogens with zero attached hydrogens (tertiary/aromatic N) is 4. The first-order chi connectivity index (χ1) is 6.65. The van der Waals surface area contributed by atoms with Gasteiger partial charge in [0.1, 0.15) is 0 Å². The van der Waals surface area contributed by atoms with Crippen molar-refractivity contribution < 1.29 is 0 Å². The third-order valence-corrected chi connectivity index (χ3v) is 2.00. The molecule has 2 rings (SSSR count). The van der Waals surface area contributed by atoms with Gasteiger partial charge in [-0.05, 0) is 24.6 Å². The van der Waals surface area contributed by atoms with Crippen LogP contribution in [0.5, 0.6) is 0 Å². The van der Waals surface area contributed by atoms with Gasteiger partial charge in [-0.3, -0.25) is 4.68 Å². The Hall–Kier alpha value is -1.42. The van der Waals surface area contributed by atoms with Gasteiger partial charge in [-0.2, -0.15) is 5.10 Å². The Kier molecular flexibility index (Phi) is 2.21. The van der Waals surface area contributed by atoms with E-state index < -0.39 is 0 Å². The van der Waals surface area contributed by atoms with Crippen molar-refractivity contribution in [2.24, 2.45) is 7.05 Å². The van der Waals surface area contributed by atoms with E-state index in [1.54, 1.807) is 10.9 Å². The van der Waals surface area contributed by atoms with Crippen LogP contribution in [0.2, 0.25) is 5.28 Å². The summed E-state index contributed by atoms with van der Waals surface area (Å²) in [5, 5.41) is 4.33. The van der Waals surface area contributed by atoms with Crippen LogP contribution >= 0.6 is 11.6 Å². The lowest BCUT2D eigenvalue weighted by Crippen LogP contribution is -1.89. The third kappa shape index (κ3) is 1.75. The molecule has 0 aliphatic heterocycles. The predicted molar refractivity (Wildman–Crippen MR) is 54.0 cm³/mol. The molecule has 0 spiro atoms. The number of rotatable bonds is 1. The molecule has 0 N–H and O–H groups in total. The maximum Gasteiger partial charge on any atom is 0.223 e. The van der Waals surface area contributed by atoms with Gasteiger partial charge in [0.25, 0.3) is 0 Å². The largest absolute Gasteiger partial charge is 0.275 e. The second-order valence-corrected chi connectivity index (χ2v) is 3.40. The van der Waals surface area contributed by atoms with E-state index in [4.69, 9.17) is 11.6 Å². The zero-order valence-electron chi connectivity index (χ0n) is 7.90. The summed E-state index contributed by atoms with van der Waals surface area (Å²) in [7, 11) is 1.86. The second kappa shape index (κ2) is 3.38. The van der Waals surface area contributed by atoms with Crippen molar-refractivity contribution in [1.29, 1.82) is 0 Å². The Balaban J connectivity index is 2.51. The van der Waals surface area contributed by atoms with Crippen LogP contribution in [0.3, 0.4) is 0 Å². The van der Waals surface area contributed by atoms with Crippen LogP contribution in [0.15, 0.2) is 18.5 Å². The fraction of sp³-hybridized carbons (Fsp3) is 0.222. The van der Waals surface area contributed by atoms with Gasteiger partial charge >= 0.3 is 0 Å². The van der Waals surface area contributed by atoms with Gasteiger partial charge in [-0.15, -0.1) is 0 Å². The number of halogens is 1. The van der Waals surface area contributed by atoms with Crippen molar-refractivity contribution in [3.05, 3.63) is 29.4 Å². The van der Waals surface area contributed by atoms with Gasteiger partial charge in [0.2, 0.25) is 5.28 Å². The van der Waals surface area contributed by atoms with E-state index in [0.717, 1.165) is 17.0 Å². The zero-order chi connectivity index (χ0) is 10.1. The highest BCUT2D eigenvalue weighted by Gasteiger charge is 2.04. The van der Waals surface area contributed by atoms with E-state index in [-0.39, 0.29) is 5.28 Å². The molecule has 5 heteroatoms. The van der Waals surface area contributed by atoms with Crippen molar-refractivity contribution >= 4 is 11.6 Å². The van der Waals surface area contributed by atoms with Gasteiger partial charge in [-0.25, -0.2) is 9.97 Å². The van der Waals surface area contributed by atoms with Crippen molar-refractivity contribution in [3.8, 4) is 11.3 Å². The standard InChI is InChI=1S/C9H9ClN4/c1-6-3-8(13-9(10)12-6)7-4-11-14(2)5-7/h3-5H,1-2H3. The molecule has 0 aliphatic carbocycles. The topological polar surface area (TPSA) is 43.6 Å². The maximum atomic E-state index is 5.76. The number of hydrogen-bond acceptors (Lipinski definition) is 3. The molecule has 2 aromatic heterocycles. The minimum Gasteiger partial charge on any atom is -0.275 e. The number of hydrogen-bond donors (Lipinski definition) is 0. The molecule has 0 saturated carbocycles. The van der Waals surface area contributed by atoms with Crippen molar-refractivity contribution in [1.82, 2.24) is 19.7 Å². The molecule has 0 aliphatic rings. The quantitative estimate of drug-likeness (QED) is 0.672. The van der Waals surface area contributed by atoms with E-state index in [9.17, 15) is 0 Å². The van der Waals surface area contributed by atoms with Crippen LogP contribution in [0.25, 0.3) is 11.3 Å². The van der Waals surface area contributed by atoms with Gasteiger partial charge in [-0.1, -0.05) is 0 Å². The molecule has 0 radical (unpaired) electrons. The van der Waals surface area contributed by atoms with Gasteiger partial charge in [0.15, 0.2) is 0 Å². The summed E-state index contributed by atoms with van der Waals surface area (Å²) in [5.74, 6) is 0. The van der Waals surface area contributed by atoms with E-state index in [2.05, 4.69) is 15.1 Å². The van der Waals surface area contributed by atoms with Gasteiger partial charge < -0.3 is 0 Å². The highest BCUT2D eigenvalue weighted by Crippen LogP contribution is 2.17. The van der Waals surface area contributed by atoms with E-state index in [1.807, 2.05) is 26.2 Å². The first-order valence-electron chi connectivity index (χ1n) is 4.15. The SMILES string of the molecule is Cc1cc(-c2cnn(C)c2)nc(Cl)n1. The van der Waals surface area contributed by atoms with Crippen molar-refractivity contribution in [3.63, 3.8) is 0 Å². The molecule has 0 aromatic carbocycles. The van der Waals surface area contributed by atoms with E-state index in [1.165, 1.54) is 0 Å². The predicted octanol–water partition coefficient (Wildman–Crippen LogP) is 1.84. The molecule has 0 unspecified atom stereocenters. The first-order valence-corrected chi connectivity index (χ1v) is 4.53. The molecule has 0 bridgehead atoms. The van der Waals surface area contributed by atoms with Crippen molar-refractivity contribution in [2.75, 3.05) is 0 Å². The smallest absolute Gasteiger partial charge is 0.223 e. The minimum atomic E-state index is 0.267. The molecular formula is C9H9ClN4. The highest BCUT2D eigenvalue weighted by molar-refractivity contribution is 6.28. The second-order valence-electron chi connectivity index (χ2n) is 3.07. The highest BCUT2D eigenvalue weighted by atomic mass is 35.5. The van der Waals surface area contributed by atoms with Gasteiger partial charge in [0, 0.05) is 24.5 Å². The van der Waals surface area contributed by atoms with Crippen LogP contribution < -0.4 is 0 Å². The van der Waals surface area contributed by atoms with Crippen LogP contribution in [-0.4, -0.2) is 19.7 Å². The minimum absolute atomic E-state index is 0.267. The monoisotopic (exact) mass is 208 g/mol. The summed E-state index contributed by atoms with van der Waals surface area (Å²) >= 11 is 5.76. The third-order valence-electron chi connectivity index (χ3n) is 1.83. The maximum absolute atomic E-state index is 5.76. The Bertz CT molecular complexity index is 443. The summed E-state index contributed by atoms with van der Waals surface area (Å²) in [6, 6.07) is 1.88. The van der Waals surface area contributed by atoms with Gasteiger partial charge in [0.05, 0.1) is 11.9 Å². The van der Waals surface area contributed by atoms with Crippen LogP contribution in [0, 0.1) is 6.92 Å². The summed E-state index contributed by atoms with van der Waals surface area (Å²) in [5.41, 5.74) is 2.60. The van der Waals surface area contributed by atoms with Crippen LogP contribution in [-0.2, 0) is 7.05 Å². The lowest BCUT2D eigenvalue weighted by Gasteiger charge is -1.98. The van der Waals surface area contributed by atoms with E-state index >= 15 is 0 Å². The molecular weight excluding hydrogens is 200 g/mol. The molecule has 14 heavy (non-hydrogen) atoms. The summed E-state index contributed by atoms with van der Waals surface area (Å²) in [6.07, 6.45) is 3.64. The molecule has 2 heterocycles. The zero-order valence-corrected chi connectivity index (χ0v) is 8.65. The lowest BCUT2D eigenvalue weighted by atomic mass is 10.2. The van der Waals surface area contributed by atoms with E-state index in [0.29, 0.717) is 0 Å². The molecule has 0 saturated heterocycles. The molecule has 0 amide bonds. The Morgan fingerprint density at radius 2 is 2.14 bits per heavy atom. The average Bonchev–Trinajstić information content (AvgIpc) is 2.50. The fourth-order valence-corrected chi connectivity index (χ4v) is 1.46. The fourth-order valence-electron chi connectivity index (χ4n) is 1.23. The first kappa shape index (κ1) is 9.15. The molecule has 72 valence electrons. The molecule has 0 fully saturated rings. The summed E-state index contributed by atoms with van der Waals surface area (Å²) in [4.78, 5) is 8.11. The Labute approximate surface area is 86.6 Å². The van der Waals surface area contributed by atoms with Crippen molar-refractivity contribution in [2.45, 2.75) is 6.92 Å². The normalized spacial score (nSPS) is 10.5. The number of aryl methyl sites for hydroxylation is 2. The average molecular weight is 209 g/mol. The summed E-state index contributed by atoms with van der Waals surface area (Å²) in [6.45, 7) is 1.88. The summed E-state index contributed by atoms with van der Waals surface area (Å²) < 4.78 is 1.72.